The van der Waals surface area contributed by atoms with E-state index < -0.39 is 328 Å². The Hall–Kier alpha value is -15.1. The molecule has 57 heteroatoms. The monoisotopic (exact) mass is 2050 g/mol. The predicted octanol–water partition coefficient (Wildman–Crippen LogP) is -13.8. The van der Waals surface area contributed by atoms with Gasteiger partial charge in [0.2, 0.25) is 112 Å². The quantitative estimate of drug-likeness (QED) is 0.0108. The molecule has 3 aromatic carbocycles. The van der Waals surface area contributed by atoms with Crippen molar-refractivity contribution >= 4 is 149 Å². The highest BCUT2D eigenvalue weighted by atomic mass is 32.1. The lowest BCUT2D eigenvalue weighted by atomic mass is 10.0. The van der Waals surface area contributed by atoms with Crippen LogP contribution in [-0.2, 0) is 125 Å². The first-order valence-electron chi connectivity index (χ1n) is 45.0. The summed E-state index contributed by atoms with van der Waals surface area (Å²) in [7, 11) is 0. The van der Waals surface area contributed by atoms with E-state index in [9.17, 15) is 157 Å². The predicted molar refractivity (Wildman–Crippen MR) is 502 cm³/mol. The SMILES string of the molecule is C[C@H](NC(=O)[C@H](CS)NC(=O)[C@H](Cc1ccccc1)NC(=O)[C@H](Cc1ccc(O)cc1)NC(=O)[C@@H](NC(=O)[C@H](C)NC(=O)[C@@H](NC(=O)[C@H](CC(=O)O)NC(=O)[C@H](CCC(=O)O)NC(=O)[C@@H](NC(=O)[C@@H](NC(=O)[C@@H]1CCCN1C(=O)[C@H](CO)NC(=O)[C@@H](N)[C@@H](C)O)[C@@H](C)O)[C@@H](C)O)[C@@H](C)O)[C@@H](C)O)C(=O)N[C@@H](CCCNC(=N)N)C(=O)NCC(=O)NCC(=O)N[C@@H](Cc1ccc(O)cc1)C(=O)NCC(=O)NCC(=O)O. The second-order valence-corrected chi connectivity index (χ2v) is 33.9. The van der Waals surface area contributed by atoms with E-state index in [2.05, 4.69) is 103 Å². The number of thiol groups is 1. The Morgan fingerprint density at radius 3 is 1.24 bits per heavy atom. The van der Waals surface area contributed by atoms with Gasteiger partial charge in [-0.15, -0.1) is 0 Å². The fourth-order valence-electron chi connectivity index (χ4n) is 13.6. The number of benzene rings is 3. The van der Waals surface area contributed by atoms with Gasteiger partial charge in [0, 0.05) is 44.5 Å². The molecule has 794 valence electrons. The van der Waals surface area contributed by atoms with Gasteiger partial charge >= 0.3 is 17.9 Å². The van der Waals surface area contributed by atoms with E-state index in [1.165, 1.54) is 62.4 Å². The van der Waals surface area contributed by atoms with Gasteiger partial charge in [-0.3, -0.25) is 111 Å². The fraction of sp³-hybridized carbons (Fsp3) is 0.529. The van der Waals surface area contributed by atoms with E-state index in [4.69, 9.17) is 22.0 Å². The van der Waals surface area contributed by atoms with Crippen LogP contribution >= 0.6 is 12.6 Å². The number of rotatable bonds is 60. The van der Waals surface area contributed by atoms with Gasteiger partial charge in [-0.2, -0.15) is 12.6 Å². The van der Waals surface area contributed by atoms with Crippen LogP contribution in [0.15, 0.2) is 78.9 Å². The zero-order valence-electron chi connectivity index (χ0n) is 79.3. The maximum atomic E-state index is 14.8. The molecule has 3 aromatic rings. The average Bonchev–Trinajstić information content (AvgIpc) is 1.69. The molecule has 1 aliphatic heterocycles. The third-order valence-corrected chi connectivity index (χ3v) is 22.0. The average molecular weight is 2060 g/mol. The topological polar surface area (TPSA) is 906 Å². The minimum atomic E-state index is -2.30. The first kappa shape index (κ1) is 121. The second kappa shape index (κ2) is 60.3. The Kier molecular flexibility index (Phi) is 50.7. The van der Waals surface area contributed by atoms with Crippen molar-refractivity contribution in [3.8, 4) is 11.5 Å². The first-order valence-corrected chi connectivity index (χ1v) is 45.6. The van der Waals surface area contributed by atoms with Crippen LogP contribution < -0.4 is 112 Å². The van der Waals surface area contributed by atoms with Crippen LogP contribution in [-0.4, -0.2) is 376 Å². The smallest absolute Gasteiger partial charge is 0.322 e. The molecule has 0 aliphatic carbocycles. The van der Waals surface area contributed by atoms with Crippen molar-refractivity contribution in [2.45, 2.75) is 240 Å². The number of hydrogen-bond donors (Lipinski definition) is 34. The number of likely N-dealkylation sites (tertiary alicyclic amines) is 1. The molecule has 0 aromatic heterocycles. The second-order valence-electron chi connectivity index (χ2n) is 33.6. The van der Waals surface area contributed by atoms with Crippen LogP contribution in [0.2, 0.25) is 0 Å². The van der Waals surface area contributed by atoms with Crippen LogP contribution in [0.5, 0.6) is 11.5 Å². The lowest BCUT2D eigenvalue weighted by Crippen LogP contribution is -2.63. The van der Waals surface area contributed by atoms with Gasteiger partial charge < -0.3 is 174 Å². The number of amides is 19. The van der Waals surface area contributed by atoms with Gasteiger partial charge in [-0.1, -0.05) is 54.6 Å². The molecule has 21 atom stereocenters. The minimum absolute atomic E-state index is 0.00992. The summed E-state index contributed by atoms with van der Waals surface area (Å²) < 4.78 is 0. The molecule has 1 heterocycles. The van der Waals surface area contributed by atoms with Crippen molar-refractivity contribution in [2.24, 2.45) is 11.5 Å². The summed E-state index contributed by atoms with van der Waals surface area (Å²) in [5, 5.41) is 162. The summed E-state index contributed by atoms with van der Waals surface area (Å²) in [4.78, 5) is 297. The maximum absolute atomic E-state index is 14.8. The molecule has 35 N–H and O–H groups in total. The number of phenols is 2. The number of guanidine groups is 1. The molecule has 1 aliphatic rings. The van der Waals surface area contributed by atoms with E-state index in [0.717, 1.165) is 39.5 Å². The number of carboxylic acid groups (broad SMARTS) is 3. The number of nitrogens with zero attached hydrogens (tertiary/aromatic N) is 1. The number of aliphatic hydroxyl groups excluding tert-OH is 6. The third kappa shape index (κ3) is 42.0. The highest BCUT2D eigenvalue weighted by Crippen LogP contribution is 2.21. The Morgan fingerprint density at radius 2 is 0.764 bits per heavy atom. The minimum Gasteiger partial charge on any atom is -0.508 e. The van der Waals surface area contributed by atoms with Gasteiger partial charge in [-0.25, -0.2) is 0 Å². The highest BCUT2D eigenvalue weighted by molar-refractivity contribution is 7.80. The standard InChI is InChI=1S/C87H127N23O33S/c1-39(71(128)99-51(15-11-27-91-87(89)90)73(130)94-33-60(119)92-35-62(121)98-53(30-47-17-21-49(117)22-18-47)74(131)95-34-61(120)93-36-65(126)127)96-79(136)58(38-144)105-77(134)54(29-46-13-9-8-10-14-46)101-76(133)55(31-48-19-23-50(118)24-20-48)103-84(141)68(43(5)114)106-72(129)40(2)97-82(139)67(42(4)113)107-78(135)56(32-64(124)125)102-75(132)52(25-26-63(122)123)100-83(140)69(44(6)115)109-85(142)70(45(7)116)108-80(137)59-16-12-28-110(59)86(143)57(37-111)104-81(138)66(88)41(3)112/h8-10,13-14,17-24,39-45,51-59,66-70,111-118,144H,11-12,15-16,25-38,88H2,1-7H3,(H,92,119)(H,93,120)(H,94,130)(H,95,131)(H,96,136)(H,97,139)(H,98,121)(H,99,128)(H,100,140)(H,101,133)(H,102,132)(H,103,141)(H,104,138)(H,105,134)(H,106,129)(H,107,135)(H,108,137)(H,109,142)(H,122,123)(H,124,125)(H,126,127)(H4,89,90,91)/t39-,40-,41+,42+,43+,44+,45+,51-,52-,53-,54-,55-,56-,57-,58-,59-,66-,67-,68-,69-,70-/m0/s1. The highest BCUT2D eigenvalue weighted by Gasteiger charge is 2.44. The lowest BCUT2D eigenvalue weighted by Gasteiger charge is -2.31. The molecule has 0 unspecified atom stereocenters. The molecular formula is C87H127N23O33S. The molecule has 19 amide bonds. The van der Waals surface area contributed by atoms with Gasteiger partial charge in [0.25, 0.3) is 0 Å². The van der Waals surface area contributed by atoms with E-state index in [1.54, 1.807) is 30.3 Å². The van der Waals surface area contributed by atoms with Crippen LogP contribution in [0, 0.1) is 5.41 Å². The number of phenolic OH excluding ortho intramolecular Hbond substituents is 2. The van der Waals surface area contributed by atoms with Crippen LogP contribution in [0.4, 0.5) is 0 Å². The van der Waals surface area contributed by atoms with Crippen molar-refractivity contribution in [1.29, 1.82) is 5.41 Å². The normalized spacial score (nSPS) is 16.2. The van der Waals surface area contributed by atoms with Crippen LogP contribution in [0.1, 0.15) is 110 Å². The summed E-state index contributed by atoms with van der Waals surface area (Å²) in [5.74, 6) is -28.1. The van der Waals surface area contributed by atoms with Gasteiger partial charge in [-0.05, 0) is 122 Å². The molecule has 56 nitrogen and oxygen atoms in total. The molecule has 144 heavy (non-hydrogen) atoms. The summed E-state index contributed by atoms with van der Waals surface area (Å²) >= 11 is 4.26. The van der Waals surface area contributed by atoms with Gasteiger partial charge in [0.05, 0.1) is 63.2 Å². The molecule has 0 radical (unpaired) electrons. The molecule has 1 saturated heterocycles. The summed E-state index contributed by atoms with van der Waals surface area (Å²) in [6, 6.07) is -10.3. The van der Waals surface area contributed by atoms with Crippen molar-refractivity contribution in [1.82, 2.24) is 106 Å². The van der Waals surface area contributed by atoms with E-state index >= 15 is 0 Å². The zero-order chi connectivity index (χ0) is 108. The molecule has 4 rings (SSSR count). The van der Waals surface area contributed by atoms with Crippen LogP contribution in [0.3, 0.4) is 0 Å². The van der Waals surface area contributed by atoms with Gasteiger partial charge in [0.15, 0.2) is 5.96 Å². The lowest BCUT2D eigenvalue weighted by molar-refractivity contribution is -0.144. The number of carboxylic acids is 3. The van der Waals surface area contributed by atoms with E-state index in [0.29, 0.717) is 11.1 Å². The summed E-state index contributed by atoms with van der Waals surface area (Å²) in [6.07, 6.45) is -13.2. The number of nitrogens with two attached hydrogens (primary N) is 2. The molecule has 0 saturated carbocycles. The van der Waals surface area contributed by atoms with Gasteiger partial charge in [0.1, 0.15) is 115 Å². The Balaban J connectivity index is 1.49. The van der Waals surface area contributed by atoms with Crippen molar-refractivity contribution in [3.05, 3.63) is 95.6 Å². The van der Waals surface area contributed by atoms with Crippen LogP contribution in [0.25, 0.3) is 0 Å². The number of aliphatic hydroxyl groups is 6. The number of aromatic hydroxyl groups is 2. The maximum Gasteiger partial charge on any atom is 0.322 e. The van der Waals surface area contributed by atoms with Crippen molar-refractivity contribution in [2.75, 3.05) is 51.6 Å². The number of carbonyl (C=O) groups excluding carboxylic acids is 19. The molecule has 0 spiro atoms. The van der Waals surface area contributed by atoms with Crippen molar-refractivity contribution < 1.29 is 162 Å². The number of hydrogen-bond acceptors (Lipinski definition) is 33. The number of carbonyl (C=O) groups is 22. The molecule has 1 fully saturated rings. The summed E-state index contributed by atoms with van der Waals surface area (Å²) in [5.41, 5.74) is 12.1. The summed E-state index contributed by atoms with van der Waals surface area (Å²) in [6.45, 7) is 3.11. The molecular weight excluding hydrogens is 1930 g/mol. The first-order chi connectivity index (χ1) is 67.6. The fourth-order valence-corrected chi connectivity index (χ4v) is 13.9. The largest absolute Gasteiger partial charge is 0.508 e. The Labute approximate surface area is 828 Å². The Bertz CT molecular complexity index is 5000. The van der Waals surface area contributed by atoms with Crippen molar-refractivity contribution in [3.63, 3.8) is 0 Å². The molecule has 0 bridgehead atoms. The van der Waals surface area contributed by atoms with E-state index in [-0.39, 0.29) is 68.7 Å². The number of nitrogens with one attached hydrogen (secondary N) is 20. The number of aliphatic carboxylic acids is 3. The van der Waals surface area contributed by atoms with E-state index in [1.807, 2.05) is 10.6 Å². The third-order valence-electron chi connectivity index (χ3n) is 21.6. The Morgan fingerprint density at radius 1 is 0.389 bits per heavy atom. The zero-order valence-corrected chi connectivity index (χ0v) is 80.2.